The molecule has 0 aromatic heterocycles. The molecule has 0 aliphatic heterocycles. The normalized spacial score (nSPS) is 10.8. The molecule has 2 aromatic rings. The van der Waals surface area contributed by atoms with Crippen molar-refractivity contribution in [2.24, 2.45) is 10.2 Å². The molecule has 2 aromatic carbocycles. The minimum Gasteiger partial charge on any atom is -0.497 e. The molecule has 0 atom stereocenters. The van der Waals surface area contributed by atoms with Crippen LogP contribution in [-0.2, 0) is 14.3 Å². The predicted octanol–water partition coefficient (Wildman–Crippen LogP) is 1.32. The van der Waals surface area contributed by atoms with Crippen molar-refractivity contribution in [2.45, 2.75) is 0 Å². The van der Waals surface area contributed by atoms with Gasteiger partial charge in [0.15, 0.2) is 0 Å². The van der Waals surface area contributed by atoms with Gasteiger partial charge in [0.05, 0.1) is 26.6 Å². The van der Waals surface area contributed by atoms with Crippen molar-refractivity contribution in [2.75, 3.05) is 27.4 Å². The molecule has 0 aliphatic rings. The number of ether oxygens (including phenoxy) is 3. The van der Waals surface area contributed by atoms with Gasteiger partial charge < -0.3 is 14.2 Å². The maximum atomic E-state index is 11.6. The maximum absolute atomic E-state index is 11.6. The monoisotopic (exact) mass is 398 g/mol. The maximum Gasteiger partial charge on any atom is 0.266 e. The van der Waals surface area contributed by atoms with E-state index in [0.717, 1.165) is 22.6 Å². The summed E-state index contributed by atoms with van der Waals surface area (Å²) in [6.45, 7) is -0.620. The van der Waals surface area contributed by atoms with Crippen LogP contribution in [0.3, 0.4) is 0 Å². The summed E-state index contributed by atoms with van der Waals surface area (Å²) in [6.07, 6.45) is 2.97. The summed E-state index contributed by atoms with van der Waals surface area (Å²) < 4.78 is 15.1. The smallest absolute Gasteiger partial charge is 0.266 e. The lowest BCUT2D eigenvalue weighted by Gasteiger charge is -2.03. The van der Waals surface area contributed by atoms with Crippen molar-refractivity contribution in [3.05, 3.63) is 59.7 Å². The highest BCUT2D eigenvalue weighted by Gasteiger charge is 2.03. The first kappa shape index (κ1) is 21.6. The Kier molecular flexibility index (Phi) is 8.84. The molecule has 0 spiro atoms. The molecule has 2 rings (SSSR count). The lowest BCUT2D eigenvalue weighted by atomic mass is 10.2. The van der Waals surface area contributed by atoms with Gasteiger partial charge >= 0.3 is 0 Å². The van der Waals surface area contributed by atoms with Crippen LogP contribution in [0, 0.1) is 0 Å². The molecular formula is C20H22N4O5. The predicted molar refractivity (Wildman–Crippen MR) is 108 cm³/mol. The van der Waals surface area contributed by atoms with Crippen LogP contribution in [0.15, 0.2) is 58.7 Å². The average molecular weight is 398 g/mol. The van der Waals surface area contributed by atoms with Crippen LogP contribution in [0.1, 0.15) is 11.1 Å². The fourth-order valence-corrected chi connectivity index (χ4v) is 2.04. The van der Waals surface area contributed by atoms with E-state index in [0.29, 0.717) is 0 Å². The van der Waals surface area contributed by atoms with E-state index < -0.39 is 11.8 Å². The number of benzene rings is 2. The number of rotatable bonds is 10. The molecule has 0 heterocycles. The fraction of sp³-hybridized carbons (Fsp3) is 0.200. The van der Waals surface area contributed by atoms with Gasteiger partial charge in [0.25, 0.3) is 11.8 Å². The van der Waals surface area contributed by atoms with E-state index in [1.807, 2.05) is 0 Å². The Labute approximate surface area is 168 Å². The summed E-state index contributed by atoms with van der Waals surface area (Å²) in [4.78, 5) is 23.3. The number of carbonyl (C=O) groups excluding carboxylic acids is 2. The Bertz CT molecular complexity index is 777. The lowest BCUT2D eigenvalue weighted by Crippen LogP contribution is -2.28. The van der Waals surface area contributed by atoms with Crippen LogP contribution in [0.4, 0.5) is 0 Å². The van der Waals surface area contributed by atoms with Gasteiger partial charge in [-0.2, -0.15) is 10.2 Å². The highest BCUT2D eigenvalue weighted by molar-refractivity contribution is 5.84. The SMILES string of the molecule is COc1ccc(C=NNC(=O)COCC(=O)NN=Cc2ccc(OC)cc2)cc1. The number of hydrogen-bond acceptors (Lipinski definition) is 7. The third-order valence-corrected chi connectivity index (χ3v) is 3.50. The van der Waals surface area contributed by atoms with Gasteiger partial charge in [0.1, 0.15) is 24.7 Å². The number of nitrogens with one attached hydrogen (secondary N) is 2. The van der Waals surface area contributed by atoms with Gasteiger partial charge in [-0.1, -0.05) is 0 Å². The number of methoxy groups -OCH3 is 2. The molecule has 0 bridgehead atoms. The minimum atomic E-state index is -0.482. The van der Waals surface area contributed by atoms with Crippen LogP contribution in [-0.4, -0.2) is 51.7 Å². The summed E-state index contributed by atoms with van der Waals surface area (Å²) >= 11 is 0. The summed E-state index contributed by atoms with van der Waals surface area (Å²) in [5, 5.41) is 7.62. The van der Waals surface area contributed by atoms with Crippen LogP contribution >= 0.6 is 0 Å². The fourth-order valence-electron chi connectivity index (χ4n) is 2.04. The first-order chi connectivity index (χ1) is 14.1. The van der Waals surface area contributed by atoms with Crippen LogP contribution in [0.2, 0.25) is 0 Å². The third-order valence-electron chi connectivity index (χ3n) is 3.50. The van der Waals surface area contributed by atoms with Crippen molar-refractivity contribution in [1.82, 2.24) is 10.9 Å². The second kappa shape index (κ2) is 11.9. The van der Waals surface area contributed by atoms with Crippen LogP contribution < -0.4 is 20.3 Å². The van der Waals surface area contributed by atoms with Gasteiger partial charge in [-0.15, -0.1) is 0 Å². The Hall–Kier alpha value is -3.72. The van der Waals surface area contributed by atoms with Gasteiger partial charge in [0.2, 0.25) is 0 Å². The molecule has 0 saturated carbocycles. The van der Waals surface area contributed by atoms with Gasteiger partial charge in [-0.3, -0.25) is 9.59 Å². The van der Waals surface area contributed by atoms with E-state index >= 15 is 0 Å². The Balaban J connectivity index is 1.62. The zero-order valence-electron chi connectivity index (χ0n) is 16.1. The number of hydrogen-bond donors (Lipinski definition) is 2. The number of hydrazone groups is 2. The van der Waals surface area contributed by atoms with Crippen molar-refractivity contribution in [1.29, 1.82) is 0 Å². The first-order valence-electron chi connectivity index (χ1n) is 8.60. The molecule has 0 unspecified atom stereocenters. The third kappa shape index (κ3) is 8.22. The quantitative estimate of drug-likeness (QED) is 0.463. The molecule has 0 saturated heterocycles. The van der Waals surface area contributed by atoms with Gasteiger partial charge in [-0.25, -0.2) is 10.9 Å². The summed E-state index contributed by atoms with van der Waals surface area (Å²) in [7, 11) is 3.16. The van der Waals surface area contributed by atoms with Gasteiger partial charge in [-0.05, 0) is 59.7 Å². The number of amides is 2. The molecule has 0 fully saturated rings. The Morgan fingerprint density at radius 3 is 1.48 bits per heavy atom. The van der Waals surface area contributed by atoms with Crippen LogP contribution in [0.25, 0.3) is 0 Å². The summed E-state index contributed by atoms with van der Waals surface area (Å²) in [6, 6.07) is 14.3. The molecular weight excluding hydrogens is 376 g/mol. The Morgan fingerprint density at radius 1 is 0.759 bits per heavy atom. The van der Waals surface area contributed by atoms with Crippen molar-refractivity contribution in [3.63, 3.8) is 0 Å². The molecule has 2 N–H and O–H groups in total. The topological polar surface area (TPSA) is 111 Å². The van der Waals surface area contributed by atoms with Crippen molar-refractivity contribution in [3.8, 4) is 11.5 Å². The van der Waals surface area contributed by atoms with Crippen LogP contribution in [0.5, 0.6) is 11.5 Å². The van der Waals surface area contributed by atoms with E-state index in [-0.39, 0.29) is 13.2 Å². The lowest BCUT2D eigenvalue weighted by molar-refractivity contribution is -0.130. The van der Waals surface area contributed by atoms with E-state index in [1.54, 1.807) is 62.8 Å². The number of nitrogens with zero attached hydrogens (tertiary/aromatic N) is 2. The largest absolute Gasteiger partial charge is 0.497 e. The number of carbonyl (C=O) groups is 2. The molecule has 29 heavy (non-hydrogen) atoms. The minimum absolute atomic E-state index is 0.310. The van der Waals surface area contributed by atoms with Crippen molar-refractivity contribution < 1.29 is 23.8 Å². The highest BCUT2D eigenvalue weighted by Crippen LogP contribution is 2.10. The van der Waals surface area contributed by atoms with E-state index in [4.69, 9.17) is 14.2 Å². The van der Waals surface area contributed by atoms with E-state index in [2.05, 4.69) is 21.1 Å². The zero-order chi connectivity index (χ0) is 20.9. The van der Waals surface area contributed by atoms with E-state index in [9.17, 15) is 9.59 Å². The molecule has 0 aliphatic carbocycles. The molecule has 152 valence electrons. The van der Waals surface area contributed by atoms with E-state index in [1.165, 1.54) is 12.4 Å². The van der Waals surface area contributed by atoms with Gasteiger partial charge in [0, 0.05) is 0 Å². The zero-order valence-corrected chi connectivity index (χ0v) is 16.1. The second-order valence-electron chi connectivity index (χ2n) is 5.63. The standard InChI is InChI=1S/C20H22N4O5/c1-27-17-7-3-15(4-8-17)11-21-23-19(25)13-29-14-20(26)24-22-12-16-5-9-18(28-2)10-6-16/h3-12H,13-14H2,1-2H3,(H,23,25)(H,24,26). The van der Waals surface area contributed by atoms with Crippen molar-refractivity contribution >= 4 is 24.2 Å². The summed E-state index contributed by atoms with van der Waals surface area (Å²) in [5.74, 6) is 0.492. The first-order valence-corrected chi connectivity index (χ1v) is 8.60. The molecule has 2 amide bonds. The molecule has 9 heteroatoms. The summed E-state index contributed by atoms with van der Waals surface area (Å²) in [5.41, 5.74) is 6.21. The molecule has 9 nitrogen and oxygen atoms in total. The average Bonchev–Trinajstić information content (AvgIpc) is 2.75. The molecule has 0 radical (unpaired) electrons. The second-order valence-corrected chi connectivity index (χ2v) is 5.63. The highest BCUT2D eigenvalue weighted by atomic mass is 16.5. The Morgan fingerprint density at radius 2 is 1.14 bits per heavy atom.